The van der Waals surface area contributed by atoms with Crippen molar-refractivity contribution in [3.8, 4) is 5.75 Å². The normalized spacial score (nSPS) is 10.4. The second-order valence-electron chi connectivity index (χ2n) is 8.61. The first-order valence-corrected chi connectivity index (χ1v) is 12.4. The average molecular weight is 831 g/mol. The summed E-state index contributed by atoms with van der Waals surface area (Å²) in [6.45, 7) is 5.74. The van der Waals surface area contributed by atoms with Crippen LogP contribution in [0.2, 0.25) is 0 Å². The molecule has 0 aliphatic rings. The zero-order valence-corrected chi connectivity index (χ0v) is 25.5. The molecule has 0 heterocycles. The zero-order valence-electron chi connectivity index (χ0n) is 23.1. The largest absolute Gasteiger partial charge is 0.520 e. The smallest absolute Gasteiger partial charge is 0.514 e. The number of nitro groups is 1. The second-order valence-corrected chi connectivity index (χ2v) is 8.61. The van der Waals surface area contributed by atoms with Crippen LogP contribution in [0.15, 0.2) is 48.5 Å². The van der Waals surface area contributed by atoms with Crippen LogP contribution in [0.4, 0.5) is 21.0 Å². The topological polar surface area (TPSA) is 221 Å². The number of benzene rings is 2. The third-order valence-corrected chi connectivity index (χ3v) is 4.98. The van der Waals surface area contributed by atoms with Gasteiger partial charge in [-0.15, -0.1) is 0 Å². The van der Waals surface area contributed by atoms with Gasteiger partial charge in [0.1, 0.15) is 12.4 Å². The molecule has 0 radical (unpaired) electrons. The number of anilines is 1. The summed E-state index contributed by atoms with van der Waals surface area (Å²) in [7, 11) is 0. The summed E-state index contributed by atoms with van der Waals surface area (Å²) in [6.07, 6.45) is 1.43. The number of carbonyl (C=O) groups excluding carboxylic acids is 5. The average Bonchev–Trinajstić information content (AvgIpc) is 2.93. The number of non-ortho nitro benzene ring substituents is 1. The Kier molecular flexibility index (Phi) is 16.1. The standard InChI is InChI=1S/C22H23N4O8.C4H10N2O.Fm/c1-14(2)20(24-13-27)21(29)23-11-19(28)25-16-5-3-15(4-6-16)12-33-22(30)34-18-9-7-17(8-10-18)26(31)32;1-2-3-6-4(5)7;/h3-10,14,20H,11-12H2,1-2H3,(H,23,29)(H,24,27)(H,25,28);2-3H2,1H3,(H3,5,6,7);/q-1;;. The van der Waals surface area contributed by atoms with Crippen LogP contribution in [0.3, 0.4) is 0 Å². The summed E-state index contributed by atoms with van der Waals surface area (Å²) >= 11 is 0. The summed E-state index contributed by atoms with van der Waals surface area (Å²) in [5.74, 6) is -1.05. The molecule has 0 fully saturated rings. The summed E-state index contributed by atoms with van der Waals surface area (Å²) in [5, 5.41) is 20.4. The van der Waals surface area contributed by atoms with E-state index in [2.05, 4.69) is 21.3 Å². The minimum atomic E-state index is -0.983. The minimum Gasteiger partial charge on any atom is -0.520 e. The first-order chi connectivity index (χ1) is 19.5. The van der Waals surface area contributed by atoms with E-state index in [1.54, 1.807) is 38.1 Å². The third-order valence-electron chi connectivity index (χ3n) is 4.98. The number of ether oxygens (including phenoxy) is 2. The van der Waals surface area contributed by atoms with Gasteiger partial charge >= 0.3 is 12.2 Å². The van der Waals surface area contributed by atoms with Crippen molar-refractivity contribution in [2.75, 3.05) is 18.4 Å². The fraction of sp³-hybridized carbons (Fsp3) is 0.346. The van der Waals surface area contributed by atoms with E-state index >= 15 is 0 Å². The molecule has 42 heavy (non-hydrogen) atoms. The molecular formula is C26H33FmN6O9-. The first kappa shape index (κ1) is 35.8. The summed E-state index contributed by atoms with van der Waals surface area (Å²) < 4.78 is 9.93. The van der Waals surface area contributed by atoms with Crippen molar-refractivity contribution >= 4 is 41.8 Å². The number of nitro benzene ring substituents is 1. The maximum Gasteiger partial charge on any atom is 0.514 e. The summed E-state index contributed by atoms with van der Waals surface area (Å²) in [4.78, 5) is 66.3. The predicted octanol–water partition coefficient (Wildman–Crippen LogP) is 2.11. The molecule has 0 saturated heterocycles. The van der Waals surface area contributed by atoms with Gasteiger partial charge < -0.3 is 41.3 Å². The van der Waals surface area contributed by atoms with Gasteiger partial charge in [0.15, 0.2) is 0 Å². The van der Waals surface area contributed by atoms with Crippen LogP contribution >= 0.6 is 0 Å². The number of urea groups is 1. The minimum absolute atomic E-state index is 0. The molecule has 0 aliphatic carbocycles. The molecule has 1 unspecified atom stereocenters. The molecular weight excluding hydrogens is 797 g/mol. The van der Waals surface area contributed by atoms with Crippen LogP contribution in [0, 0.1) is 16.0 Å². The molecule has 2 aromatic carbocycles. The van der Waals surface area contributed by atoms with Gasteiger partial charge in [0.2, 0.25) is 11.8 Å². The number of nitrogens with two attached hydrogens (primary N) is 1. The Labute approximate surface area is 236 Å². The van der Waals surface area contributed by atoms with E-state index in [0.29, 0.717) is 17.8 Å². The maximum atomic E-state index is 12.1. The van der Waals surface area contributed by atoms with Crippen molar-refractivity contribution in [2.24, 2.45) is 11.7 Å². The molecule has 0 aromatic heterocycles. The van der Waals surface area contributed by atoms with Gasteiger partial charge in [-0.05, 0) is 42.2 Å². The SMILES string of the molecule is CC(C)C(N[C-]=O)C(=O)NCC(=O)Nc1ccc(COC(=O)Oc2ccc([N+](=O)[O-])cc2)cc1.CCCNC(N)=O.[Fm]. The molecule has 2 aromatic rings. The van der Waals surface area contributed by atoms with Crippen molar-refractivity contribution < 1.29 is 38.4 Å². The van der Waals surface area contributed by atoms with Crippen LogP contribution < -0.4 is 31.7 Å². The molecule has 0 aliphatic heterocycles. The fourth-order valence-corrected chi connectivity index (χ4v) is 2.92. The van der Waals surface area contributed by atoms with Crippen molar-refractivity contribution in [1.82, 2.24) is 16.0 Å². The number of nitrogens with zero attached hydrogens (tertiary/aromatic N) is 1. The number of carbonyl (C=O) groups is 4. The number of hydrogen-bond acceptors (Lipinski definition) is 9. The molecule has 2 rings (SSSR count). The molecule has 5 amide bonds. The maximum absolute atomic E-state index is 12.1. The Morgan fingerprint density at radius 1 is 1.02 bits per heavy atom. The first-order valence-electron chi connectivity index (χ1n) is 12.4. The van der Waals surface area contributed by atoms with E-state index in [-0.39, 0.29) is 30.5 Å². The molecule has 0 spiro atoms. The van der Waals surface area contributed by atoms with Crippen molar-refractivity contribution in [1.29, 1.82) is 0 Å². The van der Waals surface area contributed by atoms with Crippen LogP contribution in [0.5, 0.6) is 5.75 Å². The number of primary amides is 1. The van der Waals surface area contributed by atoms with Crippen LogP contribution in [0.25, 0.3) is 0 Å². The molecule has 6 N–H and O–H groups in total. The summed E-state index contributed by atoms with van der Waals surface area (Å²) in [6, 6.07) is 10.1. The molecule has 15 nitrogen and oxygen atoms in total. The van der Waals surface area contributed by atoms with E-state index in [1.165, 1.54) is 30.7 Å². The van der Waals surface area contributed by atoms with Crippen LogP contribution in [0.1, 0.15) is 32.8 Å². The molecule has 1 atom stereocenters. The van der Waals surface area contributed by atoms with Crippen LogP contribution in [-0.2, 0) is 25.7 Å². The van der Waals surface area contributed by atoms with Crippen molar-refractivity contribution in [3.63, 3.8) is 0 Å². The van der Waals surface area contributed by atoms with Gasteiger partial charge in [0, 0.05) is 24.4 Å². The predicted molar refractivity (Wildman–Crippen MR) is 147 cm³/mol. The number of nitrogens with one attached hydrogen (secondary N) is 4. The second kappa shape index (κ2) is 18.9. The van der Waals surface area contributed by atoms with Gasteiger partial charge in [-0.2, -0.15) is 6.41 Å². The zero-order chi connectivity index (χ0) is 30.8. The Balaban J connectivity index is 0.00000186. The van der Waals surface area contributed by atoms with Gasteiger partial charge in [-0.3, -0.25) is 19.7 Å². The Hall–Kier alpha value is -6.21. The number of amides is 5. The molecule has 0 bridgehead atoms. The Morgan fingerprint density at radius 3 is 2.12 bits per heavy atom. The van der Waals surface area contributed by atoms with E-state index in [0.717, 1.165) is 6.42 Å². The number of rotatable bonds is 13. The fourth-order valence-electron chi connectivity index (χ4n) is 2.92. The van der Waals surface area contributed by atoms with Gasteiger partial charge in [-0.1, -0.05) is 32.9 Å². The van der Waals surface area contributed by atoms with E-state index in [1.807, 2.05) is 6.92 Å². The van der Waals surface area contributed by atoms with Gasteiger partial charge in [-0.25, -0.2) is 9.59 Å². The Morgan fingerprint density at radius 2 is 1.64 bits per heavy atom. The number of hydrogen-bond donors (Lipinski definition) is 5. The van der Waals surface area contributed by atoms with Gasteiger partial charge in [0.25, 0.3) is 5.69 Å². The van der Waals surface area contributed by atoms with E-state index in [9.17, 15) is 34.1 Å². The molecule has 0 saturated carbocycles. The third kappa shape index (κ3) is 14.1. The molecule has 16 heteroatoms. The van der Waals surface area contributed by atoms with Crippen molar-refractivity contribution in [3.05, 3.63) is 64.2 Å². The Bertz CT molecular complexity index is 1180. The summed E-state index contributed by atoms with van der Waals surface area (Å²) in [5.41, 5.74) is 5.66. The van der Waals surface area contributed by atoms with Crippen LogP contribution in [-0.4, -0.2) is 54.5 Å². The van der Waals surface area contributed by atoms with E-state index < -0.39 is 35.0 Å². The van der Waals surface area contributed by atoms with Gasteiger partial charge in [0.05, 0.1) is 17.5 Å². The van der Waals surface area contributed by atoms with Crippen molar-refractivity contribution in [2.45, 2.75) is 39.8 Å². The molecule has 234 valence electrons. The van der Waals surface area contributed by atoms with E-state index in [4.69, 9.17) is 15.2 Å². The quantitative estimate of drug-likeness (QED) is 0.0498. The monoisotopic (exact) mass is 830 g/mol.